The molecule has 0 radical (unpaired) electrons. The van der Waals surface area contributed by atoms with Gasteiger partial charge in [0.05, 0.1) is 13.2 Å². The van der Waals surface area contributed by atoms with Crippen molar-refractivity contribution in [1.29, 1.82) is 0 Å². The largest absolute Gasteiger partial charge is 0.395 e. The Hall–Kier alpha value is -2.24. The van der Waals surface area contributed by atoms with Gasteiger partial charge in [0.1, 0.15) is 5.82 Å². The number of hydrogen-bond acceptors (Lipinski definition) is 3. The topological polar surface area (TPSA) is 52.6 Å². The number of aryl methyl sites for hydroxylation is 1. The van der Waals surface area contributed by atoms with E-state index in [9.17, 15) is 14.3 Å². The van der Waals surface area contributed by atoms with Crippen LogP contribution in [0, 0.1) is 5.82 Å². The first-order chi connectivity index (χ1) is 12.2. The summed E-state index contributed by atoms with van der Waals surface area (Å²) in [4.78, 5) is 14.4. The molecule has 0 aliphatic heterocycles. The Balaban J connectivity index is 1.60. The molecule has 2 aromatic carbocycles. The van der Waals surface area contributed by atoms with Crippen LogP contribution in [-0.2, 0) is 17.8 Å². The van der Waals surface area contributed by atoms with Crippen LogP contribution in [0.25, 0.3) is 0 Å². The highest BCUT2D eigenvalue weighted by Gasteiger charge is 2.28. The summed E-state index contributed by atoms with van der Waals surface area (Å²) in [6.07, 6.45) is 1.96. The number of aliphatic hydroxyl groups excluding tert-OH is 1. The maximum Gasteiger partial charge on any atom is 0.234 e. The standard InChI is InChI=1S/C20H23FN2O2/c21-17-8-5-15(6-9-17)13-22-20(25)14-23(11-12-24)19-10-7-16-3-1-2-4-18(16)19/h1-6,8-9,19,24H,7,10-14H2,(H,22,25). The Morgan fingerprint density at radius 2 is 1.96 bits per heavy atom. The maximum absolute atomic E-state index is 12.9. The minimum atomic E-state index is -0.288. The summed E-state index contributed by atoms with van der Waals surface area (Å²) in [6.45, 7) is 1.08. The molecule has 1 aliphatic carbocycles. The van der Waals surface area contributed by atoms with Crippen molar-refractivity contribution in [3.63, 3.8) is 0 Å². The first-order valence-electron chi connectivity index (χ1n) is 8.61. The van der Waals surface area contributed by atoms with Crippen molar-refractivity contribution in [2.75, 3.05) is 19.7 Å². The van der Waals surface area contributed by atoms with Crippen LogP contribution in [0.3, 0.4) is 0 Å². The zero-order valence-corrected chi connectivity index (χ0v) is 14.1. The predicted octanol–water partition coefficient (Wildman–Crippen LogP) is 2.42. The molecule has 0 bridgehead atoms. The average molecular weight is 342 g/mol. The van der Waals surface area contributed by atoms with Crippen molar-refractivity contribution in [2.45, 2.75) is 25.4 Å². The van der Waals surface area contributed by atoms with Crippen LogP contribution in [0.2, 0.25) is 0 Å². The molecular formula is C20H23FN2O2. The first-order valence-corrected chi connectivity index (χ1v) is 8.61. The van der Waals surface area contributed by atoms with Crippen LogP contribution in [0.5, 0.6) is 0 Å². The van der Waals surface area contributed by atoms with Gasteiger partial charge in [-0.15, -0.1) is 0 Å². The van der Waals surface area contributed by atoms with E-state index in [0.717, 1.165) is 18.4 Å². The van der Waals surface area contributed by atoms with E-state index >= 15 is 0 Å². The number of nitrogens with one attached hydrogen (secondary N) is 1. The van der Waals surface area contributed by atoms with E-state index in [-0.39, 0.29) is 30.9 Å². The molecule has 4 nitrogen and oxygen atoms in total. The van der Waals surface area contributed by atoms with E-state index in [4.69, 9.17) is 0 Å². The lowest BCUT2D eigenvalue weighted by molar-refractivity contribution is -0.123. The van der Waals surface area contributed by atoms with Crippen LogP contribution in [0.4, 0.5) is 4.39 Å². The molecule has 2 aromatic rings. The highest BCUT2D eigenvalue weighted by atomic mass is 19.1. The van der Waals surface area contributed by atoms with Crippen molar-refractivity contribution in [3.05, 3.63) is 71.0 Å². The van der Waals surface area contributed by atoms with Gasteiger partial charge in [0.25, 0.3) is 0 Å². The van der Waals surface area contributed by atoms with Crippen molar-refractivity contribution < 1.29 is 14.3 Å². The van der Waals surface area contributed by atoms with Gasteiger partial charge in [0.2, 0.25) is 5.91 Å². The molecule has 25 heavy (non-hydrogen) atoms. The fourth-order valence-electron chi connectivity index (χ4n) is 3.43. The Kier molecular flexibility index (Phi) is 5.79. The fraction of sp³-hybridized carbons (Fsp3) is 0.350. The molecule has 3 rings (SSSR count). The van der Waals surface area contributed by atoms with E-state index in [2.05, 4.69) is 17.4 Å². The molecule has 1 amide bonds. The number of halogens is 1. The second kappa shape index (κ2) is 8.23. The molecule has 0 aromatic heterocycles. The molecule has 0 spiro atoms. The number of carbonyl (C=O) groups is 1. The van der Waals surface area contributed by atoms with Crippen molar-refractivity contribution in [2.24, 2.45) is 0 Å². The van der Waals surface area contributed by atoms with Crippen molar-refractivity contribution in [1.82, 2.24) is 10.2 Å². The van der Waals surface area contributed by atoms with Gasteiger partial charge in [-0.1, -0.05) is 36.4 Å². The van der Waals surface area contributed by atoms with Crippen LogP contribution >= 0.6 is 0 Å². The second-order valence-corrected chi connectivity index (χ2v) is 6.35. The summed E-state index contributed by atoms with van der Waals surface area (Å²) < 4.78 is 12.9. The lowest BCUT2D eigenvalue weighted by atomic mass is 10.1. The zero-order valence-electron chi connectivity index (χ0n) is 14.1. The monoisotopic (exact) mass is 342 g/mol. The number of fused-ring (bicyclic) bond motifs is 1. The number of rotatable bonds is 7. The number of amides is 1. The third kappa shape index (κ3) is 4.44. The molecule has 0 heterocycles. The average Bonchev–Trinajstić information content (AvgIpc) is 3.05. The van der Waals surface area contributed by atoms with Crippen LogP contribution in [-0.4, -0.2) is 35.6 Å². The lowest BCUT2D eigenvalue weighted by Gasteiger charge is -2.28. The molecular weight excluding hydrogens is 319 g/mol. The summed E-state index contributed by atoms with van der Waals surface area (Å²) in [5.74, 6) is -0.383. The molecule has 0 saturated carbocycles. The molecule has 1 aliphatic rings. The molecule has 132 valence electrons. The number of hydrogen-bond donors (Lipinski definition) is 2. The van der Waals surface area contributed by atoms with Crippen LogP contribution in [0.15, 0.2) is 48.5 Å². The maximum atomic E-state index is 12.9. The zero-order chi connectivity index (χ0) is 17.6. The summed E-state index contributed by atoms with van der Waals surface area (Å²) >= 11 is 0. The number of carbonyl (C=O) groups excluding carboxylic acids is 1. The van der Waals surface area contributed by atoms with E-state index in [1.165, 1.54) is 23.3 Å². The van der Waals surface area contributed by atoms with Crippen molar-refractivity contribution >= 4 is 5.91 Å². The smallest absolute Gasteiger partial charge is 0.234 e. The Morgan fingerprint density at radius 3 is 2.72 bits per heavy atom. The lowest BCUT2D eigenvalue weighted by Crippen LogP contribution is -2.40. The molecule has 1 atom stereocenters. The molecule has 5 heteroatoms. The first kappa shape index (κ1) is 17.6. The summed E-state index contributed by atoms with van der Waals surface area (Å²) in [5, 5.41) is 12.3. The summed E-state index contributed by atoms with van der Waals surface area (Å²) in [7, 11) is 0. The highest BCUT2D eigenvalue weighted by Crippen LogP contribution is 2.35. The molecule has 1 unspecified atom stereocenters. The van der Waals surface area contributed by atoms with Gasteiger partial charge in [0, 0.05) is 19.1 Å². The molecule has 2 N–H and O–H groups in total. The highest BCUT2D eigenvalue weighted by molar-refractivity contribution is 5.78. The van der Waals surface area contributed by atoms with E-state index in [0.29, 0.717) is 13.1 Å². The second-order valence-electron chi connectivity index (χ2n) is 6.35. The van der Waals surface area contributed by atoms with E-state index in [1.54, 1.807) is 12.1 Å². The number of benzene rings is 2. The van der Waals surface area contributed by atoms with Gasteiger partial charge in [-0.2, -0.15) is 0 Å². The van der Waals surface area contributed by atoms with Crippen molar-refractivity contribution in [3.8, 4) is 0 Å². The summed E-state index contributed by atoms with van der Waals surface area (Å²) in [5.41, 5.74) is 3.43. The van der Waals surface area contributed by atoms with Gasteiger partial charge < -0.3 is 10.4 Å². The summed E-state index contributed by atoms with van der Waals surface area (Å²) in [6, 6.07) is 14.5. The minimum absolute atomic E-state index is 0.0178. The minimum Gasteiger partial charge on any atom is -0.395 e. The Labute approximate surface area is 147 Å². The Bertz CT molecular complexity index is 718. The fourth-order valence-corrected chi connectivity index (χ4v) is 3.43. The van der Waals surface area contributed by atoms with E-state index in [1.807, 2.05) is 17.0 Å². The van der Waals surface area contributed by atoms with Crippen LogP contribution in [0.1, 0.15) is 29.2 Å². The van der Waals surface area contributed by atoms with Gasteiger partial charge in [-0.25, -0.2) is 4.39 Å². The number of nitrogens with zero attached hydrogens (tertiary/aromatic N) is 1. The van der Waals surface area contributed by atoms with Gasteiger partial charge in [-0.3, -0.25) is 9.69 Å². The predicted molar refractivity (Wildman–Crippen MR) is 94.4 cm³/mol. The van der Waals surface area contributed by atoms with E-state index < -0.39 is 0 Å². The normalized spacial score (nSPS) is 16.0. The molecule has 0 saturated heterocycles. The SMILES string of the molecule is O=C(CN(CCO)C1CCc2ccccc21)NCc1ccc(F)cc1. The number of aliphatic hydroxyl groups is 1. The van der Waals surface area contributed by atoms with Gasteiger partial charge in [-0.05, 0) is 41.7 Å². The van der Waals surface area contributed by atoms with Gasteiger partial charge >= 0.3 is 0 Å². The quantitative estimate of drug-likeness (QED) is 0.813. The third-order valence-electron chi connectivity index (χ3n) is 4.68. The molecule has 0 fully saturated rings. The third-order valence-corrected chi connectivity index (χ3v) is 4.68. The van der Waals surface area contributed by atoms with Gasteiger partial charge in [0.15, 0.2) is 0 Å². The van der Waals surface area contributed by atoms with Crippen LogP contribution < -0.4 is 5.32 Å². The Morgan fingerprint density at radius 1 is 1.20 bits per heavy atom.